The summed E-state index contributed by atoms with van der Waals surface area (Å²) in [6.45, 7) is 5.25. The van der Waals surface area contributed by atoms with Crippen LogP contribution in [0.25, 0.3) is 0 Å². The number of carbonyl (C=O) groups excluding carboxylic acids is 1. The number of ether oxygens (including phenoxy) is 1. The van der Waals surface area contributed by atoms with Crippen molar-refractivity contribution in [3.63, 3.8) is 0 Å². The van der Waals surface area contributed by atoms with Crippen molar-refractivity contribution in [2.75, 3.05) is 26.3 Å². The molecule has 3 nitrogen and oxygen atoms in total. The number of Topliss-reactive ketones (excluding diaryl/α,β-unsaturated/α-hetero) is 1. The Bertz CT molecular complexity index is 153. The van der Waals surface area contributed by atoms with Crippen LogP contribution in [0.1, 0.15) is 26.2 Å². The first-order valence-corrected chi connectivity index (χ1v) is 5.07. The lowest BCUT2D eigenvalue weighted by molar-refractivity contribution is -0.118. The van der Waals surface area contributed by atoms with E-state index in [0.717, 1.165) is 19.7 Å². The van der Waals surface area contributed by atoms with Gasteiger partial charge < -0.3 is 10.1 Å². The van der Waals surface area contributed by atoms with E-state index in [4.69, 9.17) is 4.74 Å². The Kier molecular flexibility index (Phi) is 5.01. The fourth-order valence-electron chi connectivity index (χ4n) is 1.51. The van der Waals surface area contributed by atoms with Crippen LogP contribution in [0.2, 0.25) is 0 Å². The molecule has 0 unspecified atom stereocenters. The highest BCUT2D eigenvalue weighted by atomic mass is 16.5. The fourth-order valence-corrected chi connectivity index (χ4v) is 1.51. The number of rotatable bonds is 5. The maximum absolute atomic E-state index is 10.6. The molecule has 1 saturated heterocycles. The van der Waals surface area contributed by atoms with Crippen molar-refractivity contribution >= 4 is 5.78 Å². The van der Waals surface area contributed by atoms with Gasteiger partial charge in [0.1, 0.15) is 5.78 Å². The molecule has 0 bridgehead atoms. The summed E-state index contributed by atoms with van der Waals surface area (Å²) in [7, 11) is 0. The molecule has 0 aromatic rings. The average Bonchev–Trinajstić information content (AvgIpc) is 2.14. The second kappa shape index (κ2) is 6.11. The highest BCUT2D eigenvalue weighted by molar-refractivity contribution is 5.75. The normalized spacial score (nSPS) is 18.8. The second-order valence-electron chi connectivity index (χ2n) is 3.72. The molecule has 1 N–H and O–H groups in total. The van der Waals surface area contributed by atoms with Gasteiger partial charge in [-0.25, -0.2) is 0 Å². The first-order chi connectivity index (χ1) is 6.29. The second-order valence-corrected chi connectivity index (χ2v) is 3.72. The van der Waals surface area contributed by atoms with Crippen molar-refractivity contribution < 1.29 is 9.53 Å². The Balaban J connectivity index is 1.95. The van der Waals surface area contributed by atoms with Gasteiger partial charge in [-0.1, -0.05) is 0 Å². The summed E-state index contributed by atoms with van der Waals surface area (Å²) in [5.74, 6) is 0.915. The molecule has 76 valence electrons. The van der Waals surface area contributed by atoms with E-state index in [-0.39, 0.29) is 5.78 Å². The Morgan fingerprint density at radius 2 is 2.15 bits per heavy atom. The van der Waals surface area contributed by atoms with Crippen molar-refractivity contribution in [1.82, 2.24) is 5.32 Å². The average molecular weight is 185 g/mol. The Labute approximate surface area is 79.8 Å². The SMILES string of the molecule is CC(=O)CCOCC1CCNCC1. The lowest BCUT2D eigenvalue weighted by Crippen LogP contribution is -2.30. The van der Waals surface area contributed by atoms with E-state index >= 15 is 0 Å². The van der Waals surface area contributed by atoms with E-state index in [9.17, 15) is 4.79 Å². The first-order valence-electron chi connectivity index (χ1n) is 5.07. The summed E-state index contributed by atoms with van der Waals surface area (Å²) in [6, 6.07) is 0. The maximum Gasteiger partial charge on any atom is 0.132 e. The van der Waals surface area contributed by atoms with E-state index in [0.29, 0.717) is 18.9 Å². The number of hydrogen-bond donors (Lipinski definition) is 1. The molecule has 0 saturated carbocycles. The van der Waals surface area contributed by atoms with Crippen LogP contribution >= 0.6 is 0 Å². The molecule has 1 rings (SSSR count). The molecule has 0 amide bonds. The summed E-state index contributed by atoms with van der Waals surface area (Å²) in [5, 5.41) is 3.31. The molecule has 13 heavy (non-hydrogen) atoms. The van der Waals surface area contributed by atoms with Crippen molar-refractivity contribution in [1.29, 1.82) is 0 Å². The minimum atomic E-state index is 0.213. The van der Waals surface area contributed by atoms with Crippen LogP contribution in [0, 0.1) is 5.92 Å². The number of ketones is 1. The number of hydrogen-bond acceptors (Lipinski definition) is 3. The van der Waals surface area contributed by atoms with E-state index < -0.39 is 0 Å². The Morgan fingerprint density at radius 3 is 2.77 bits per heavy atom. The van der Waals surface area contributed by atoms with Crippen LogP contribution < -0.4 is 5.32 Å². The molecule has 0 atom stereocenters. The van der Waals surface area contributed by atoms with Gasteiger partial charge in [-0.3, -0.25) is 4.79 Å². The molecule has 1 fully saturated rings. The standard InChI is InChI=1S/C10H19NO2/c1-9(12)4-7-13-8-10-2-5-11-6-3-10/h10-11H,2-8H2,1H3. The first kappa shape index (κ1) is 10.7. The van der Waals surface area contributed by atoms with Gasteiger partial charge in [-0.2, -0.15) is 0 Å². The van der Waals surface area contributed by atoms with Crippen LogP contribution in [-0.4, -0.2) is 32.1 Å². The lowest BCUT2D eigenvalue weighted by Gasteiger charge is -2.22. The molecule has 0 aromatic heterocycles. The monoisotopic (exact) mass is 185 g/mol. The van der Waals surface area contributed by atoms with E-state index in [1.807, 2.05) is 0 Å². The predicted molar refractivity (Wildman–Crippen MR) is 51.7 cm³/mol. The van der Waals surface area contributed by atoms with Gasteiger partial charge in [0.25, 0.3) is 0 Å². The number of nitrogens with one attached hydrogen (secondary N) is 1. The molecule has 0 radical (unpaired) electrons. The third-order valence-corrected chi connectivity index (χ3v) is 2.41. The quantitative estimate of drug-likeness (QED) is 0.649. The van der Waals surface area contributed by atoms with E-state index in [2.05, 4.69) is 5.32 Å². The fraction of sp³-hybridized carbons (Fsp3) is 0.900. The summed E-state index contributed by atoms with van der Waals surface area (Å²) < 4.78 is 5.44. The highest BCUT2D eigenvalue weighted by Crippen LogP contribution is 2.11. The minimum Gasteiger partial charge on any atom is -0.381 e. The topological polar surface area (TPSA) is 38.3 Å². The third-order valence-electron chi connectivity index (χ3n) is 2.41. The van der Waals surface area contributed by atoms with Gasteiger partial charge in [0.05, 0.1) is 6.61 Å². The number of piperidine rings is 1. The van der Waals surface area contributed by atoms with Crippen LogP contribution in [0.15, 0.2) is 0 Å². The van der Waals surface area contributed by atoms with Gasteiger partial charge in [-0.05, 0) is 38.8 Å². The zero-order chi connectivity index (χ0) is 9.52. The summed E-state index contributed by atoms with van der Waals surface area (Å²) in [4.78, 5) is 10.6. The van der Waals surface area contributed by atoms with Crippen molar-refractivity contribution in [3.05, 3.63) is 0 Å². The maximum atomic E-state index is 10.6. The van der Waals surface area contributed by atoms with Crippen LogP contribution in [0.4, 0.5) is 0 Å². The van der Waals surface area contributed by atoms with Crippen LogP contribution in [-0.2, 0) is 9.53 Å². The molecule has 1 heterocycles. The minimum absolute atomic E-state index is 0.213. The van der Waals surface area contributed by atoms with Crippen LogP contribution in [0.5, 0.6) is 0 Å². The zero-order valence-electron chi connectivity index (χ0n) is 8.34. The van der Waals surface area contributed by atoms with Crippen LogP contribution in [0.3, 0.4) is 0 Å². The highest BCUT2D eigenvalue weighted by Gasteiger charge is 2.12. The molecule has 3 heteroatoms. The molecule has 0 aromatic carbocycles. The Morgan fingerprint density at radius 1 is 1.46 bits per heavy atom. The van der Waals surface area contributed by atoms with Gasteiger partial charge in [0.15, 0.2) is 0 Å². The smallest absolute Gasteiger partial charge is 0.132 e. The number of carbonyl (C=O) groups is 1. The molecular weight excluding hydrogens is 166 g/mol. The third kappa shape index (κ3) is 5.01. The van der Waals surface area contributed by atoms with Crippen molar-refractivity contribution in [2.24, 2.45) is 5.92 Å². The lowest BCUT2D eigenvalue weighted by atomic mass is 9.99. The van der Waals surface area contributed by atoms with Gasteiger partial charge in [-0.15, -0.1) is 0 Å². The predicted octanol–water partition coefficient (Wildman–Crippen LogP) is 0.982. The molecule has 1 aliphatic heterocycles. The van der Waals surface area contributed by atoms with E-state index in [1.54, 1.807) is 6.92 Å². The summed E-state index contributed by atoms with van der Waals surface area (Å²) in [6.07, 6.45) is 2.98. The van der Waals surface area contributed by atoms with Crippen molar-refractivity contribution in [3.8, 4) is 0 Å². The van der Waals surface area contributed by atoms with E-state index in [1.165, 1.54) is 12.8 Å². The van der Waals surface area contributed by atoms with Gasteiger partial charge in [0.2, 0.25) is 0 Å². The van der Waals surface area contributed by atoms with Crippen molar-refractivity contribution in [2.45, 2.75) is 26.2 Å². The summed E-state index contributed by atoms with van der Waals surface area (Å²) >= 11 is 0. The summed E-state index contributed by atoms with van der Waals surface area (Å²) in [5.41, 5.74) is 0. The molecular formula is C10H19NO2. The molecule has 0 spiro atoms. The van der Waals surface area contributed by atoms with Gasteiger partial charge in [0, 0.05) is 13.0 Å². The molecule has 0 aliphatic carbocycles. The zero-order valence-corrected chi connectivity index (χ0v) is 8.34. The Hall–Kier alpha value is -0.410. The van der Waals surface area contributed by atoms with Gasteiger partial charge >= 0.3 is 0 Å². The largest absolute Gasteiger partial charge is 0.381 e. The molecule has 1 aliphatic rings.